The second kappa shape index (κ2) is 10.5. The fraction of sp³-hybridized carbons (Fsp3) is 0.588. The number of hydrogen-bond donors (Lipinski definition) is 2. The molecule has 1 aliphatic rings. The molecule has 1 aromatic carbocycles. The molecule has 1 unspecified atom stereocenters. The predicted molar refractivity (Wildman–Crippen MR) is 91.7 cm³/mol. The number of hydrogen-bond acceptors (Lipinski definition) is 3. The number of amides is 1. The molecule has 0 fully saturated rings. The lowest BCUT2D eigenvalue weighted by Gasteiger charge is -2.26. The molecule has 4 nitrogen and oxygen atoms in total. The van der Waals surface area contributed by atoms with Gasteiger partial charge in [0.25, 0.3) is 0 Å². The van der Waals surface area contributed by atoms with Crippen LogP contribution in [0.5, 0.6) is 5.75 Å². The summed E-state index contributed by atoms with van der Waals surface area (Å²) >= 11 is 0. The number of ether oxygens (including phenoxy) is 1. The van der Waals surface area contributed by atoms with Gasteiger partial charge in [-0.05, 0) is 37.4 Å². The highest BCUT2D eigenvalue weighted by molar-refractivity contribution is 5.85. The Morgan fingerprint density at radius 1 is 1.23 bits per heavy atom. The van der Waals surface area contributed by atoms with Crippen molar-refractivity contribution < 1.29 is 9.53 Å². The molecule has 1 aliphatic heterocycles. The second-order valence-corrected chi connectivity index (χ2v) is 5.63. The zero-order valence-electron chi connectivity index (χ0n) is 13.1. The quantitative estimate of drug-likeness (QED) is 0.722. The third-order valence-corrected chi connectivity index (χ3v) is 3.99. The maximum atomic E-state index is 11.9. The van der Waals surface area contributed by atoms with Crippen molar-refractivity contribution in [3.05, 3.63) is 29.8 Å². The van der Waals surface area contributed by atoms with Crippen LogP contribution in [0.2, 0.25) is 0 Å². The van der Waals surface area contributed by atoms with Crippen LogP contribution in [0.1, 0.15) is 50.0 Å². The van der Waals surface area contributed by atoms with Gasteiger partial charge in [-0.25, -0.2) is 0 Å². The van der Waals surface area contributed by atoms with E-state index in [1.807, 2.05) is 18.2 Å². The summed E-state index contributed by atoms with van der Waals surface area (Å²) in [4.78, 5) is 11.9. The van der Waals surface area contributed by atoms with Crippen LogP contribution in [0, 0.1) is 0 Å². The lowest BCUT2D eigenvalue weighted by atomic mass is 9.93. The van der Waals surface area contributed by atoms with E-state index < -0.39 is 0 Å². The Labute approximate surface area is 139 Å². The van der Waals surface area contributed by atoms with Crippen molar-refractivity contribution in [1.82, 2.24) is 5.32 Å². The van der Waals surface area contributed by atoms with Crippen molar-refractivity contribution in [2.75, 3.05) is 19.7 Å². The van der Waals surface area contributed by atoms with Gasteiger partial charge in [-0.2, -0.15) is 0 Å². The van der Waals surface area contributed by atoms with E-state index in [0.717, 1.165) is 51.0 Å². The first-order chi connectivity index (χ1) is 10.3. The van der Waals surface area contributed by atoms with Gasteiger partial charge in [-0.3, -0.25) is 4.79 Å². The predicted octanol–water partition coefficient (Wildman–Crippen LogP) is 3.00. The van der Waals surface area contributed by atoms with Crippen LogP contribution in [0.25, 0.3) is 0 Å². The molecule has 5 heteroatoms. The summed E-state index contributed by atoms with van der Waals surface area (Å²) < 4.78 is 5.64. The standard InChI is InChI=1S/C17H26N2O2.ClH/c18-11-6-2-1-3-9-17(20)19-13-14-10-12-21-16-8-5-4-7-15(14)16;/h4-5,7-8,14H,1-3,6,9-13,18H2,(H,19,20);1H. The van der Waals surface area contributed by atoms with Gasteiger partial charge in [0, 0.05) is 18.9 Å². The van der Waals surface area contributed by atoms with Gasteiger partial charge in [0.2, 0.25) is 5.91 Å². The molecule has 22 heavy (non-hydrogen) atoms. The molecule has 0 saturated heterocycles. The molecule has 0 saturated carbocycles. The number of halogens is 1. The molecule has 0 aromatic heterocycles. The first-order valence-corrected chi connectivity index (χ1v) is 7.99. The average Bonchev–Trinajstić information content (AvgIpc) is 2.52. The third kappa shape index (κ3) is 5.85. The van der Waals surface area contributed by atoms with Crippen LogP contribution in [0.3, 0.4) is 0 Å². The number of nitrogens with two attached hydrogens (primary N) is 1. The number of para-hydroxylation sites is 1. The number of benzene rings is 1. The third-order valence-electron chi connectivity index (χ3n) is 3.99. The van der Waals surface area contributed by atoms with E-state index in [9.17, 15) is 4.79 Å². The van der Waals surface area contributed by atoms with Gasteiger partial charge in [0.15, 0.2) is 0 Å². The number of fused-ring (bicyclic) bond motifs is 1. The highest BCUT2D eigenvalue weighted by atomic mass is 35.5. The lowest BCUT2D eigenvalue weighted by Crippen LogP contribution is -2.30. The van der Waals surface area contributed by atoms with Gasteiger partial charge in [-0.1, -0.05) is 31.0 Å². The normalized spacial score (nSPS) is 16.1. The summed E-state index contributed by atoms with van der Waals surface area (Å²) in [7, 11) is 0. The van der Waals surface area contributed by atoms with Crippen LogP contribution in [-0.2, 0) is 4.79 Å². The van der Waals surface area contributed by atoms with Crippen LogP contribution in [-0.4, -0.2) is 25.6 Å². The van der Waals surface area contributed by atoms with E-state index in [2.05, 4.69) is 11.4 Å². The van der Waals surface area contributed by atoms with Gasteiger partial charge in [-0.15, -0.1) is 12.4 Å². The Morgan fingerprint density at radius 3 is 2.82 bits per heavy atom. The molecular formula is C17H27ClN2O2. The monoisotopic (exact) mass is 326 g/mol. The van der Waals surface area contributed by atoms with Crippen LogP contribution >= 0.6 is 12.4 Å². The molecule has 0 bridgehead atoms. The zero-order valence-corrected chi connectivity index (χ0v) is 13.9. The minimum absolute atomic E-state index is 0. The number of carbonyl (C=O) groups excluding carboxylic acids is 1. The number of carbonyl (C=O) groups is 1. The molecule has 2 rings (SSSR count). The van der Waals surface area contributed by atoms with Gasteiger partial charge < -0.3 is 15.8 Å². The smallest absolute Gasteiger partial charge is 0.220 e. The average molecular weight is 327 g/mol. The molecule has 124 valence electrons. The Morgan fingerprint density at radius 2 is 2.00 bits per heavy atom. The number of nitrogens with one attached hydrogen (secondary N) is 1. The summed E-state index contributed by atoms with van der Waals surface area (Å²) in [5.74, 6) is 1.49. The molecule has 1 aromatic rings. The van der Waals surface area contributed by atoms with E-state index in [-0.39, 0.29) is 18.3 Å². The fourth-order valence-corrected chi connectivity index (χ4v) is 2.74. The van der Waals surface area contributed by atoms with E-state index in [1.54, 1.807) is 0 Å². The summed E-state index contributed by atoms with van der Waals surface area (Å²) in [5, 5.41) is 3.06. The Kier molecular flexibility index (Phi) is 8.94. The highest BCUT2D eigenvalue weighted by Crippen LogP contribution is 2.32. The largest absolute Gasteiger partial charge is 0.493 e. The highest BCUT2D eigenvalue weighted by Gasteiger charge is 2.21. The van der Waals surface area contributed by atoms with E-state index >= 15 is 0 Å². The number of rotatable bonds is 8. The van der Waals surface area contributed by atoms with Crippen molar-refractivity contribution in [3.8, 4) is 5.75 Å². The first-order valence-electron chi connectivity index (χ1n) is 7.99. The topological polar surface area (TPSA) is 64.4 Å². The second-order valence-electron chi connectivity index (χ2n) is 5.63. The van der Waals surface area contributed by atoms with E-state index in [1.165, 1.54) is 5.56 Å². The van der Waals surface area contributed by atoms with Crippen molar-refractivity contribution in [2.45, 2.75) is 44.4 Å². The number of unbranched alkanes of at least 4 members (excludes halogenated alkanes) is 3. The summed E-state index contributed by atoms with van der Waals surface area (Å²) in [6.45, 7) is 2.19. The van der Waals surface area contributed by atoms with E-state index in [4.69, 9.17) is 10.5 Å². The summed E-state index contributed by atoms with van der Waals surface area (Å²) in [6.07, 6.45) is 5.81. The molecular weight excluding hydrogens is 300 g/mol. The molecule has 1 atom stereocenters. The Hall–Kier alpha value is -1.26. The van der Waals surface area contributed by atoms with Crippen molar-refractivity contribution in [1.29, 1.82) is 0 Å². The van der Waals surface area contributed by atoms with Crippen LogP contribution < -0.4 is 15.8 Å². The van der Waals surface area contributed by atoms with Crippen LogP contribution in [0.4, 0.5) is 0 Å². The molecule has 1 heterocycles. The zero-order chi connectivity index (χ0) is 14.9. The van der Waals surface area contributed by atoms with Crippen molar-refractivity contribution in [3.63, 3.8) is 0 Å². The minimum atomic E-state index is 0. The molecule has 0 aliphatic carbocycles. The minimum Gasteiger partial charge on any atom is -0.493 e. The maximum Gasteiger partial charge on any atom is 0.220 e. The van der Waals surface area contributed by atoms with Crippen molar-refractivity contribution in [2.24, 2.45) is 5.73 Å². The molecule has 3 N–H and O–H groups in total. The first kappa shape index (κ1) is 18.8. The van der Waals surface area contributed by atoms with Gasteiger partial charge in [0.05, 0.1) is 6.61 Å². The summed E-state index contributed by atoms with van der Waals surface area (Å²) in [5.41, 5.74) is 6.67. The SMILES string of the molecule is Cl.NCCCCCCC(=O)NCC1CCOc2ccccc21. The van der Waals surface area contributed by atoms with Crippen LogP contribution in [0.15, 0.2) is 24.3 Å². The summed E-state index contributed by atoms with van der Waals surface area (Å²) in [6, 6.07) is 8.11. The van der Waals surface area contributed by atoms with Crippen molar-refractivity contribution >= 4 is 18.3 Å². The fourth-order valence-electron chi connectivity index (χ4n) is 2.74. The van der Waals surface area contributed by atoms with E-state index in [0.29, 0.717) is 18.9 Å². The molecule has 1 amide bonds. The molecule has 0 spiro atoms. The molecule has 0 radical (unpaired) electrons. The Bertz CT molecular complexity index is 454. The van der Waals surface area contributed by atoms with Gasteiger partial charge >= 0.3 is 0 Å². The van der Waals surface area contributed by atoms with Gasteiger partial charge in [0.1, 0.15) is 5.75 Å². The maximum absolute atomic E-state index is 11.9. The Balaban J connectivity index is 0.00000242. The lowest BCUT2D eigenvalue weighted by molar-refractivity contribution is -0.121.